The van der Waals surface area contributed by atoms with Crippen LogP contribution in [0.4, 0.5) is 18.2 Å². The Balaban J connectivity index is 2.23. The predicted octanol–water partition coefficient (Wildman–Crippen LogP) is 2.14. The number of carbonyl (C=O) groups excluding carboxylic acids is 1. The molecule has 2 rings (SSSR count). The zero-order chi connectivity index (χ0) is 16.7. The predicted molar refractivity (Wildman–Crippen MR) is 67.6 cm³/mol. The van der Waals surface area contributed by atoms with Crippen molar-refractivity contribution in [1.29, 1.82) is 0 Å². The maximum Gasteiger partial charge on any atom is 0.406 e. The smallest absolute Gasteiger partial charge is 0.406 e. The van der Waals surface area contributed by atoms with Gasteiger partial charge in [0.15, 0.2) is 5.41 Å². The van der Waals surface area contributed by atoms with Crippen LogP contribution in [0.5, 0.6) is 0 Å². The average molecular weight is 338 g/mol. The summed E-state index contributed by atoms with van der Waals surface area (Å²) in [6, 6.07) is 2.21. The number of carbonyl (C=O) groups is 2. The van der Waals surface area contributed by atoms with Crippen molar-refractivity contribution in [3.63, 3.8) is 0 Å². The molecule has 1 atom stereocenters. The van der Waals surface area contributed by atoms with Crippen molar-refractivity contribution in [2.24, 2.45) is 5.41 Å². The van der Waals surface area contributed by atoms with Crippen molar-refractivity contribution in [3.05, 3.63) is 27.1 Å². The van der Waals surface area contributed by atoms with E-state index in [0.29, 0.717) is 11.3 Å². The van der Waals surface area contributed by atoms with E-state index in [0.717, 1.165) is 17.0 Å². The summed E-state index contributed by atoms with van der Waals surface area (Å²) in [6.45, 7) is -1.38. The minimum atomic E-state index is -4.99. The van der Waals surface area contributed by atoms with E-state index in [2.05, 4.69) is 0 Å². The number of nitrogens with zero attached hydrogens (tertiary/aromatic N) is 2. The van der Waals surface area contributed by atoms with Crippen molar-refractivity contribution in [2.45, 2.75) is 12.6 Å². The van der Waals surface area contributed by atoms with E-state index in [1.54, 1.807) is 0 Å². The summed E-state index contributed by atoms with van der Waals surface area (Å²) in [6.07, 6.45) is -5.74. The van der Waals surface area contributed by atoms with Gasteiger partial charge in [-0.2, -0.15) is 13.2 Å². The van der Waals surface area contributed by atoms with Crippen LogP contribution >= 0.6 is 11.3 Å². The Morgan fingerprint density at radius 1 is 1.41 bits per heavy atom. The molecule has 120 valence electrons. The topological polar surface area (TPSA) is 101 Å². The van der Waals surface area contributed by atoms with Gasteiger partial charge in [0.1, 0.15) is 0 Å². The highest BCUT2D eigenvalue weighted by atomic mass is 32.1. The molecule has 1 saturated heterocycles. The van der Waals surface area contributed by atoms with E-state index in [9.17, 15) is 32.9 Å². The molecule has 1 aliphatic rings. The first-order chi connectivity index (χ1) is 10.1. The molecule has 0 aromatic carbocycles. The van der Waals surface area contributed by atoms with Crippen LogP contribution in [0.15, 0.2) is 12.1 Å². The number of nitro groups is 1. The van der Waals surface area contributed by atoms with Gasteiger partial charge >= 0.3 is 17.1 Å². The lowest BCUT2D eigenvalue weighted by Crippen LogP contribution is -2.47. The lowest BCUT2D eigenvalue weighted by molar-refractivity contribution is -0.380. The van der Waals surface area contributed by atoms with Crippen molar-refractivity contribution in [2.75, 3.05) is 13.1 Å². The van der Waals surface area contributed by atoms with Gasteiger partial charge in [-0.25, -0.2) is 0 Å². The molecule has 1 fully saturated rings. The summed E-state index contributed by atoms with van der Waals surface area (Å²) >= 11 is 0.533. The fourth-order valence-corrected chi connectivity index (χ4v) is 3.00. The van der Waals surface area contributed by atoms with Gasteiger partial charge in [0, 0.05) is 19.2 Å². The SMILES string of the molecule is O=C(c1ccc([N+](=O)[O-])s1)N1CCC(C(=O)O)(C(F)(F)F)C1. The van der Waals surface area contributed by atoms with E-state index in [4.69, 9.17) is 5.11 Å². The van der Waals surface area contributed by atoms with Crippen molar-refractivity contribution < 1.29 is 32.8 Å². The van der Waals surface area contributed by atoms with Gasteiger partial charge in [0.2, 0.25) is 0 Å². The third-order valence-corrected chi connectivity index (χ3v) is 4.52. The molecule has 0 bridgehead atoms. The standard InChI is InChI=1S/C11H9F3N2O5S/c12-11(13,14)10(9(18)19)3-4-15(5-10)8(17)6-1-2-7(22-6)16(20)21/h1-2H,3-5H2,(H,18,19). The van der Waals surface area contributed by atoms with Gasteiger partial charge in [-0.3, -0.25) is 19.7 Å². The lowest BCUT2D eigenvalue weighted by atomic mass is 9.86. The summed E-state index contributed by atoms with van der Waals surface area (Å²) in [7, 11) is 0. The van der Waals surface area contributed by atoms with Gasteiger partial charge in [-0.15, -0.1) is 0 Å². The highest BCUT2D eigenvalue weighted by Crippen LogP contribution is 2.46. The second kappa shape index (κ2) is 5.23. The number of halogens is 3. The Bertz CT molecular complexity index is 644. The van der Waals surface area contributed by atoms with E-state index in [1.807, 2.05) is 0 Å². The van der Waals surface area contributed by atoms with Crippen molar-refractivity contribution >= 4 is 28.2 Å². The van der Waals surface area contributed by atoms with Gasteiger partial charge < -0.3 is 10.0 Å². The van der Waals surface area contributed by atoms with Crippen molar-refractivity contribution in [3.8, 4) is 0 Å². The van der Waals surface area contributed by atoms with E-state index in [-0.39, 0.29) is 16.4 Å². The van der Waals surface area contributed by atoms with Gasteiger partial charge in [0.25, 0.3) is 5.91 Å². The van der Waals surface area contributed by atoms with Gasteiger partial charge in [0.05, 0.1) is 9.80 Å². The van der Waals surface area contributed by atoms with Crippen LogP contribution < -0.4 is 0 Å². The summed E-state index contributed by atoms with van der Waals surface area (Å²) in [5.74, 6) is -2.88. The number of alkyl halides is 3. The number of likely N-dealkylation sites (tertiary alicyclic amines) is 1. The summed E-state index contributed by atoms with van der Waals surface area (Å²) in [4.78, 5) is 33.6. The molecular formula is C11H9F3N2O5S. The molecule has 1 N–H and O–H groups in total. The van der Waals surface area contributed by atoms with Crippen molar-refractivity contribution in [1.82, 2.24) is 4.90 Å². The van der Waals surface area contributed by atoms with E-state index >= 15 is 0 Å². The summed E-state index contributed by atoms with van der Waals surface area (Å²) < 4.78 is 39.0. The normalized spacial score (nSPS) is 21.9. The fourth-order valence-electron chi connectivity index (χ4n) is 2.21. The molecule has 7 nitrogen and oxygen atoms in total. The Labute approximate surface area is 125 Å². The molecule has 1 unspecified atom stereocenters. The Kier molecular flexibility index (Phi) is 3.85. The maximum atomic E-state index is 13.0. The van der Waals surface area contributed by atoms with Crippen LogP contribution in [0.25, 0.3) is 0 Å². The molecule has 0 radical (unpaired) electrons. The highest BCUT2D eigenvalue weighted by molar-refractivity contribution is 7.17. The number of carboxylic acids is 1. The lowest BCUT2D eigenvalue weighted by Gasteiger charge is -2.27. The minimum absolute atomic E-state index is 0.102. The van der Waals surface area contributed by atoms with Gasteiger partial charge in [-0.1, -0.05) is 11.3 Å². The first-order valence-electron chi connectivity index (χ1n) is 5.92. The van der Waals surface area contributed by atoms with E-state index < -0.39 is 41.4 Å². The number of rotatable bonds is 3. The molecule has 0 saturated carbocycles. The molecule has 1 amide bonds. The highest BCUT2D eigenvalue weighted by Gasteiger charge is 2.64. The average Bonchev–Trinajstić information content (AvgIpc) is 3.05. The molecule has 11 heteroatoms. The second-order valence-electron chi connectivity index (χ2n) is 4.76. The molecule has 0 aliphatic carbocycles. The summed E-state index contributed by atoms with van der Waals surface area (Å²) in [5, 5.41) is 19.1. The first kappa shape index (κ1) is 16.2. The first-order valence-corrected chi connectivity index (χ1v) is 6.74. The molecule has 1 aromatic rings. The second-order valence-corrected chi connectivity index (χ2v) is 5.82. The number of hydrogen-bond donors (Lipinski definition) is 1. The third kappa shape index (κ3) is 2.51. The third-order valence-electron chi connectivity index (χ3n) is 3.49. The van der Waals surface area contributed by atoms with Gasteiger partial charge in [-0.05, 0) is 12.5 Å². The number of thiophene rings is 1. The Hall–Kier alpha value is -2.17. The van der Waals surface area contributed by atoms with Crippen LogP contribution in [0.3, 0.4) is 0 Å². The summed E-state index contributed by atoms with van der Waals surface area (Å²) in [5.41, 5.74) is -2.99. The van der Waals surface area contributed by atoms with Crippen LogP contribution in [0, 0.1) is 15.5 Å². The van der Waals surface area contributed by atoms with E-state index in [1.165, 1.54) is 0 Å². The molecule has 22 heavy (non-hydrogen) atoms. The number of hydrogen-bond acceptors (Lipinski definition) is 5. The minimum Gasteiger partial charge on any atom is -0.481 e. The zero-order valence-corrected chi connectivity index (χ0v) is 11.6. The molecule has 1 aliphatic heterocycles. The monoisotopic (exact) mass is 338 g/mol. The number of carboxylic acid groups (broad SMARTS) is 1. The quantitative estimate of drug-likeness (QED) is 0.672. The number of amides is 1. The molecular weight excluding hydrogens is 329 g/mol. The zero-order valence-electron chi connectivity index (χ0n) is 10.8. The van der Waals surface area contributed by atoms with Crippen LogP contribution in [0.2, 0.25) is 0 Å². The maximum absolute atomic E-state index is 13.0. The van der Waals surface area contributed by atoms with Crippen LogP contribution in [-0.4, -0.2) is 46.1 Å². The molecule has 1 aromatic heterocycles. The van der Waals surface area contributed by atoms with Crippen LogP contribution in [0.1, 0.15) is 16.1 Å². The molecule has 2 heterocycles. The fraction of sp³-hybridized carbons (Fsp3) is 0.455. The largest absolute Gasteiger partial charge is 0.481 e. The van der Waals surface area contributed by atoms with Crippen LogP contribution in [-0.2, 0) is 4.79 Å². The molecule has 0 spiro atoms. The Morgan fingerprint density at radius 3 is 2.45 bits per heavy atom. The number of aliphatic carboxylic acids is 1. The Morgan fingerprint density at radius 2 is 2.05 bits per heavy atom.